The van der Waals surface area contributed by atoms with E-state index >= 15 is 0 Å². The van der Waals surface area contributed by atoms with E-state index in [-0.39, 0.29) is 11.9 Å². The van der Waals surface area contributed by atoms with Gasteiger partial charge in [0, 0.05) is 20.6 Å². The first-order valence-electron chi connectivity index (χ1n) is 6.63. The lowest BCUT2D eigenvalue weighted by Gasteiger charge is -2.21. The van der Waals surface area contributed by atoms with Crippen LogP contribution in [0.3, 0.4) is 0 Å². The second kappa shape index (κ2) is 7.59. The van der Waals surface area contributed by atoms with Crippen LogP contribution in [-0.4, -0.2) is 6.54 Å². The summed E-state index contributed by atoms with van der Waals surface area (Å²) in [7, 11) is 0. The molecule has 2 rings (SSSR count). The van der Waals surface area contributed by atoms with Crippen molar-refractivity contribution in [1.29, 1.82) is 0 Å². The summed E-state index contributed by atoms with van der Waals surface area (Å²) in [5.74, 6) is -0.326. The van der Waals surface area contributed by atoms with Crippen LogP contribution < -0.4 is 5.32 Å². The van der Waals surface area contributed by atoms with Crippen molar-refractivity contribution in [2.24, 2.45) is 0 Å². The molecule has 0 radical (unpaired) electrons. The summed E-state index contributed by atoms with van der Waals surface area (Å²) < 4.78 is 14.1. The van der Waals surface area contributed by atoms with Gasteiger partial charge in [-0.05, 0) is 54.4 Å². The van der Waals surface area contributed by atoms with Gasteiger partial charge in [-0.25, -0.2) is 4.39 Å². The van der Waals surface area contributed by atoms with E-state index in [0.29, 0.717) is 16.5 Å². The van der Waals surface area contributed by atoms with Gasteiger partial charge in [0.1, 0.15) is 5.82 Å². The smallest absolute Gasteiger partial charge is 0.124 e. The van der Waals surface area contributed by atoms with Crippen LogP contribution in [-0.2, 0) is 6.42 Å². The zero-order valence-corrected chi connectivity index (χ0v) is 14.6. The molecule has 0 saturated carbocycles. The van der Waals surface area contributed by atoms with Crippen LogP contribution >= 0.6 is 39.1 Å². The Morgan fingerprint density at radius 3 is 2.62 bits per heavy atom. The number of rotatable bonds is 5. The second-order valence-electron chi connectivity index (χ2n) is 4.72. The SMILES string of the molecule is CCNC(Cc1ccc(F)cc1Cl)c1cc(Cl)ccc1Br. The Morgan fingerprint density at radius 2 is 1.95 bits per heavy atom. The molecule has 0 aliphatic heterocycles. The molecule has 0 saturated heterocycles. The van der Waals surface area contributed by atoms with Gasteiger partial charge in [-0.15, -0.1) is 0 Å². The Morgan fingerprint density at radius 1 is 1.19 bits per heavy atom. The van der Waals surface area contributed by atoms with Crippen LogP contribution in [0, 0.1) is 5.82 Å². The fourth-order valence-electron chi connectivity index (χ4n) is 2.23. The molecule has 0 aliphatic carbocycles. The largest absolute Gasteiger partial charge is 0.310 e. The Kier molecular flexibility index (Phi) is 6.06. The minimum absolute atomic E-state index is 0.0473. The highest BCUT2D eigenvalue weighted by Gasteiger charge is 2.16. The van der Waals surface area contributed by atoms with E-state index in [9.17, 15) is 4.39 Å². The monoisotopic (exact) mass is 389 g/mol. The molecule has 2 aromatic carbocycles. The molecule has 0 aromatic heterocycles. The van der Waals surface area contributed by atoms with E-state index < -0.39 is 0 Å². The molecule has 0 amide bonds. The summed E-state index contributed by atoms with van der Waals surface area (Å²) in [5.41, 5.74) is 1.96. The van der Waals surface area contributed by atoms with E-state index in [2.05, 4.69) is 21.2 Å². The summed E-state index contributed by atoms with van der Waals surface area (Å²) in [5, 5.41) is 4.54. The molecule has 1 unspecified atom stereocenters. The zero-order valence-electron chi connectivity index (χ0n) is 11.5. The normalized spacial score (nSPS) is 12.4. The van der Waals surface area contributed by atoms with Crippen molar-refractivity contribution < 1.29 is 4.39 Å². The van der Waals surface area contributed by atoms with Crippen LogP contribution in [0.25, 0.3) is 0 Å². The van der Waals surface area contributed by atoms with Gasteiger partial charge >= 0.3 is 0 Å². The third-order valence-electron chi connectivity index (χ3n) is 3.22. The fraction of sp³-hybridized carbons (Fsp3) is 0.250. The molecule has 0 spiro atoms. The van der Waals surface area contributed by atoms with Crippen LogP contribution in [0.15, 0.2) is 40.9 Å². The second-order valence-corrected chi connectivity index (χ2v) is 6.41. The predicted molar refractivity (Wildman–Crippen MR) is 90.7 cm³/mol. The molecule has 0 bridgehead atoms. The number of hydrogen-bond donors (Lipinski definition) is 1. The highest BCUT2D eigenvalue weighted by atomic mass is 79.9. The lowest BCUT2D eigenvalue weighted by molar-refractivity contribution is 0.547. The number of hydrogen-bond acceptors (Lipinski definition) is 1. The first-order chi connectivity index (χ1) is 10.0. The third kappa shape index (κ3) is 4.43. The Hall–Kier alpha value is -0.610. The van der Waals surface area contributed by atoms with Gasteiger partial charge in [0.05, 0.1) is 0 Å². The summed E-state index contributed by atoms with van der Waals surface area (Å²) in [6.45, 7) is 2.85. The topological polar surface area (TPSA) is 12.0 Å². The number of nitrogens with one attached hydrogen (secondary N) is 1. The number of benzene rings is 2. The summed E-state index contributed by atoms with van der Waals surface area (Å²) in [6.07, 6.45) is 0.659. The van der Waals surface area contributed by atoms with Crippen molar-refractivity contribution >= 4 is 39.1 Å². The maximum absolute atomic E-state index is 13.1. The summed E-state index contributed by atoms with van der Waals surface area (Å²) in [6, 6.07) is 10.2. The highest BCUT2D eigenvalue weighted by molar-refractivity contribution is 9.10. The molecule has 5 heteroatoms. The van der Waals surface area contributed by atoms with Gasteiger partial charge in [-0.2, -0.15) is 0 Å². The van der Waals surface area contributed by atoms with Gasteiger partial charge in [0.15, 0.2) is 0 Å². The summed E-state index contributed by atoms with van der Waals surface area (Å²) in [4.78, 5) is 0. The van der Waals surface area contributed by atoms with Gasteiger partial charge in [0.25, 0.3) is 0 Å². The standard InChI is InChI=1S/C16H15BrCl2FN/c1-2-21-16(13-8-11(18)4-6-14(13)17)7-10-3-5-12(20)9-15(10)19/h3-6,8-9,16,21H,2,7H2,1H3. The number of likely N-dealkylation sites (N-methyl/N-ethyl adjacent to an activating group) is 1. The molecule has 0 fully saturated rings. The Bertz CT molecular complexity index is 634. The molecule has 21 heavy (non-hydrogen) atoms. The molecule has 0 heterocycles. The van der Waals surface area contributed by atoms with Gasteiger partial charge in [-0.1, -0.05) is 52.1 Å². The fourth-order valence-corrected chi connectivity index (χ4v) is 3.18. The highest BCUT2D eigenvalue weighted by Crippen LogP contribution is 2.30. The molecule has 112 valence electrons. The first-order valence-corrected chi connectivity index (χ1v) is 8.18. The molecule has 0 aliphatic rings. The van der Waals surface area contributed by atoms with Crippen molar-refractivity contribution in [2.75, 3.05) is 6.54 Å². The van der Waals surface area contributed by atoms with Crippen molar-refractivity contribution in [1.82, 2.24) is 5.32 Å². The van der Waals surface area contributed by atoms with Crippen LogP contribution in [0.2, 0.25) is 10.0 Å². The minimum atomic E-state index is -0.326. The molecule has 1 atom stereocenters. The van der Waals surface area contributed by atoms with E-state index in [4.69, 9.17) is 23.2 Å². The van der Waals surface area contributed by atoms with Crippen molar-refractivity contribution in [2.45, 2.75) is 19.4 Å². The lowest BCUT2D eigenvalue weighted by atomic mass is 9.98. The van der Waals surface area contributed by atoms with Crippen LogP contribution in [0.5, 0.6) is 0 Å². The van der Waals surface area contributed by atoms with Crippen molar-refractivity contribution in [3.63, 3.8) is 0 Å². The van der Waals surface area contributed by atoms with Crippen molar-refractivity contribution in [3.05, 3.63) is 67.9 Å². The van der Waals surface area contributed by atoms with Crippen molar-refractivity contribution in [3.8, 4) is 0 Å². The molecule has 1 N–H and O–H groups in total. The number of halogens is 4. The first kappa shape index (κ1) is 16.8. The van der Waals surface area contributed by atoms with E-state index in [1.807, 2.05) is 25.1 Å². The molecule has 2 aromatic rings. The van der Waals surface area contributed by atoms with E-state index in [1.165, 1.54) is 12.1 Å². The average molecular weight is 391 g/mol. The quantitative estimate of drug-likeness (QED) is 0.681. The molecule has 1 nitrogen and oxygen atoms in total. The van der Waals surface area contributed by atoms with Crippen LogP contribution in [0.4, 0.5) is 4.39 Å². The van der Waals surface area contributed by atoms with E-state index in [0.717, 1.165) is 22.1 Å². The maximum Gasteiger partial charge on any atom is 0.124 e. The lowest BCUT2D eigenvalue weighted by Crippen LogP contribution is -2.23. The van der Waals surface area contributed by atoms with Crippen LogP contribution in [0.1, 0.15) is 24.1 Å². The zero-order chi connectivity index (χ0) is 15.4. The predicted octanol–water partition coefficient (Wildman–Crippen LogP) is 5.79. The van der Waals surface area contributed by atoms with Gasteiger partial charge < -0.3 is 5.32 Å². The maximum atomic E-state index is 13.1. The van der Waals surface area contributed by atoms with Gasteiger partial charge in [0.2, 0.25) is 0 Å². The van der Waals surface area contributed by atoms with Gasteiger partial charge in [-0.3, -0.25) is 0 Å². The third-order valence-corrected chi connectivity index (χ3v) is 4.53. The molecular weight excluding hydrogens is 376 g/mol. The summed E-state index contributed by atoms with van der Waals surface area (Å²) >= 11 is 15.8. The Labute approximate surface area is 142 Å². The molecular formula is C16H15BrCl2FN. The minimum Gasteiger partial charge on any atom is -0.310 e. The van der Waals surface area contributed by atoms with E-state index in [1.54, 1.807) is 6.07 Å². The average Bonchev–Trinajstić information content (AvgIpc) is 2.44. The Balaban J connectivity index is 2.32.